The Balaban J connectivity index is 2.04. The molecule has 0 aromatic heterocycles. The third kappa shape index (κ3) is 2.82. The van der Waals surface area contributed by atoms with Gasteiger partial charge in [0.05, 0.1) is 5.54 Å². The SMILES string of the molecule is CC1=CC(C)(C)N(C)c2cc(C)c(C=Nc3ccccc3O)cc21. The Morgan fingerprint density at radius 2 is 1.83 bits per heavy atom. The molecule has 0 bridgehead atoms. The van der Waals surface area contributed by atoms with Crippen molar-refractivity contribution in [1.29, 1.82) is 0 Å². The molecule has 24 heavy (non-hydrogen) atoms. The highest BCUT2D eigenvalue weighted by Crippen LogP contribution is 2.39. The molecule has 0 amide bonds. The van der Waals surface area contributed by atoms with Gasteiger partial charge >= 0.3 is 0 Å². The molecular weight excluding hydrogens is 296 g/mol. The smallest absolute Gasteiger partial charge is 0.141 e. The molecule has 124 valence electrons. The number of hydrogen-bond donors (Lipinski definition) is 1. The molecule has 0 spiro atoms. The molecule has 0 saturated heterocycles. The number of nitrogens with zero attached hydrogens (tertiary/aromatic N) is 2. The summed E-state index contributed by atoms with van der Waals surface area (Å²) in [5.74, 6) is 0.196. The number of phenolic OH excluding ortho intramolecular Hbond substituents is 1. The monoisotopic (exact) mass is 320 g/mol. The number of allylic oxidation sites excluding steroid dienone is 1. The number of rotatable bonds is 2. The molecule has 1 heterocycles. The van der Waals surface area contributed by atoms with Crippen molar-refractivity contribution in [3.05, 3.63) is 59.2 Å². The van der Waals surface area contributed by atoms with E-state index in [-0.39, 0.29) is 11.3 Å². The molecule has 3 nitrogen and oxygen atoms in total. The van der Waals surface area contributed by atoms with Crippen molar-refractivity contribution in [3.8, 4) is 5.75 Å². The fourth-order valence-corrected chi connectivity index (χ4v) is 3.17. The Bertz CT molecular complexity index is 847. The quantitative estimate of drug-likeness (QED) is 0.783. The van der Waals surface area contributed by atoms with Crippen LogP contribution in [0, 0.1) is 6.92 Å². The molecule has 0 saturated carbocycles. The first-order valence-electron chi connectivity index (χ1n) is 8.20. The Labute approximate surface area is 144 Å². The van der Waals surface area contributed by atoms with Crippen molar-refractivity contribution in [1.82, 2.24) is 0 Å². The summed E-state index contributed by atoms with van der Waals surface area (Å²) in [6, 6.07) is 11.5. The van der Waals surface area contributed by atoms with Gasteiger partial charge in [-0.1, -0.05) is 18.2 Å². The lowest BCUT2D eigenvalue weighted by Crippen LogP contribution is -2.42. The lowest BCUT2D eigenvalue weighted by atomic mass is 9.87. The average Bonchev–Trinajstić information content (AvgIpc) is 2.52. The van der Waals surface area contributed by atoms with Gasteiger partial charge in [0.1, 0.15) is 11.4 Å². The summed E-state index contributed by atoms with van der Waals surface area (Å²) < 4.78 is 0. The van der Waals surface area contributed by atoms with Crippen LogP contribution in [0.15, 0.2) is 47.5 Å². The van der Waals surface area contributed by atoms with Crippen molar-refractivity contribution in [3.63, 3.8) is 0 Å². The maximum Gasteiger partial charge on any atom is 0.141 e. The molecule has 0 radical (unpaired) electrons. The fourth-order valence-electron chi connectivity index (χ4n) is 3.17. The maximum atomic E-state index is 9.85. The fraction of sp³-hybridized carbons (Fsp3) is 0.286. The summed E-state index contributed by atoms with van der Waals surface area (Å²) in [4.78, 5) is 6.76. The molecule has 1 aliphatic rings. The van der Waals surface area contributed by atoms with E-state index in [1.165, 1.54) is 22.4 Å². The van der Waals surface area contributed by atoms with Crippen molar-refractivity contribution in [2.45, 2.75) is 33.2 Å². The van der Waals surface area contributed by atoms with Gasteiger partial charge in [-0.25, -0.2) is 0 Å². The van der Waals surface area contributed by atoms with E-state index in [2.05, 4.69) is 62.8 Å². The summed E-state index contributed by atoms with van der Waals surface area (Å²) in [5, 5.41) is 9.85. The number of hydrogen-bond acceptors (Lipinski definition) is 3. The second-order valence-electron chi connectivity index (χ2n) is 7.01. The van der Waals surface area contributed by atoms with Gasteiger partial charge in [0, 0.05) is 24.5 Å². The first kappa shape index (κ1) is 16.3. The van der Waals surface area contributed by atoms with Crippen molar-refractivity contribution < 1.29 is 5.11 Å². The highest BCUT2D eigenvalue weighted by molar-refractivity contribution is 5.90. The average molecular weight is 320 g/mol. The number of aryl methyl sites for hydroxylation is 1. The molecule has 3 rings (SSSR count). The Morgan fingerprint density at radius 1 is 1.12 bits per heavy atom. The molecule has 0 unspecified atom stereocenters. The van der Waals surface area contributed by atoms with Crippen LogP contribution in [-0.4, -0.2) is 23.9 Å². The van der Waals surface area contributed by atoms with Crippen LogP contribution in [0.4, 0.5) is 11.4 Å². The van der Waals surface area contributed by atoms with Gasteiger partial charge in [0.15, 0.2) is 0 Å². The molecular formula is C21H24N2O. The van der Waals surface area contributed by atoms with E-state index in [0.29, 0.717) is 5.69 Å². The predicted molar refractivity (Wildman–Crippen MR) is 103 cm³/mol. The summed E-state index contributed by atoms with van der Waals surface area (Å²) in [6.45, 7) is 8.71. The van der Waals surface area contributed by atoms with E-state index in [9.17, 15) is 5.11 Å². The Kier molecular flexibility index (Phi) is 3.96. The van der Waals surface area contributed by atoms with E-state index >= 15 is 0 Å². The van der Waals surface area contributed by atoms with Crippen molar-refractivity contribution in [2.75, 3.05) is 11.9 Å². The van der Waals surface area contributed by atoms with Crippen LogP contribution < -0.4 is 4.90 Å². The summed E-state index contributed by atoms with van der Waals surface area (Å²) in [7, 11) is 2.14. The van der Waals surface area contributed by atoms with Crippen LogP contribution in [-0.2, 0) is 0 Å². The minimum atomic E-state index is 0.00889. The van der Waals surface area contributed by atoms with Crippen molar-refractivity contribution in [2.24, 2.45) is 4.99 Å². The standard InChI is InChI=1S/C21H24N2O/c1-14-10-19-17(15(2)12-21(3,4)23(19)5)11-16(14)13-22-18-8-6-7-9-20(18)24/h6-13,24H,1-5H3. The lowest BCUT2D eigenvalue weighted by Gasteiger charge is -2.41. The van der Waals surface area contributed by atoms with Crippen LogP contribution >= 0.6 is 0 Å². The molecule has 1 aliphatic heterocycles. The van der Waals surface area contributed by atoms with Gasteiger partial charge in [0.25, 0.3) is 0 Å². The van der Waals surface area contributed by atoms with E-state index in [1.807, 2.05) is 12.3 Å². The maximum absolute atomic E-state index is 9.85. The van der Waals surface area contributed by atoms with Crippen molar-refractivity contribution >= 4 is 23.2 Å². The van der Waals surface area contributed by atoms with Crippen LogP contribution in [0.5, 0.6) is 5.75 Å². The third-order valence-corrected chi connectivity index (χ3v) is 4.83. The van der Waals surface area contributed by atoms with Gasteiger partial charge in [-0.3, -0.25) is 4.99 Å². The molecule has 0 aliphatic carbocycles. The van der Waals surface area contributed by atoms with E-state index in [4.69, 9.17) is 0 Å². The number of phenols is 1. The minimum Gasteiger partial charge on any atom is -0.506 e. The first-order valence-corrected chi connectivity index (χ1v) is 8.20. The molecule has 3 heteroatoms. The second-order valence-corrected chi connectivity index (χ2v) is 7.01. The topological polar surface area (TPSA) is 35.8 Å². The molecule has 1 N–H and O–H groups in total. The summed E-state index contributed by atoms with van der Waals surface area (Å²) in [5.41, 5.74) is 6.60. The molecule has 2 aromatic rings. The first-order chi connectivity index (χ1) is 11.3. The van der Waals surface area contributed by atoms with Crippen LogP contribution in [0.3, 0.4) is 0 Å². The van der Waals surface area contributed by atoms with Crippen LogP contribution in [0.1, 0.15) is 37.5 Å². The number of aromatic hydroxyl groups is 1. The van der Waals surface area contributed by atoms with E-state index < -0.39 is 0 Å². The Hall–Kier alpha value is -2.55. The van der Waals surface area contributed by atoms with Crippen LogP contribution in [0.2, 0.25) is 0 Å². The molecule has 2 aromatic carbocycles. The van der Waals surface area contributed by atoms with E-state index in [0.717, 1.165) is 5.56 Å². The number of para-hydroxylation sites is 2. The Morgan fingerprint density at radius 3 is 2.54 bits per heavy atom. The summed E-state index contributed by atoms with van der Waals surface area (Å²) in [6.07, 6.45) is 4.13. The zero-order valence-corrected chi connectivity index (χ0v) is 15.0. The number of anilines is 1. The zero-order valence-electron chi connectivity index (χ0n) is 15.0. The van der Waals surface area contributed by atoms with Gasteiger partial charge in [-0.15, -0.1) is 0 Å². The second kappa shape index (κ2) is 5.82. The lowest BCUT2D eigenvalue weighted by molar-refractivity contribution is 0.477. The third-order valence-electron chi connectivity index (χ3n) is 4.83. The highest BCUT2D eigenvalue weighted by Gasteiger charge is 2.28. The van der Waals surface area contributed by atoms with Gasteiger partial charge in [-0.2, -0.15) is 0 Å². The van der Waals surface area contributed by atoms with Gasteiger partial charge in [0.2, 0.25) is 0 Å². The largest absolute Gasteiger partial charge is 0.506 e. The van der Waals surface area contributed by atoms with Gasteiger partial charge < -0.3 is 10.0 Å². The molecule has 0 atom stereocenters. The van der Waals surface area contributed by atoms with E-state index in [1.54, 1.807) is 18.2 Å². The normalized spacial score (nSPS) is 16.2. The highest BCUT2D eigenvalue weighted by atomic mass is 16.3. The van der Waals surface area contributed by atoms with Crippen LogP contribution in [0.25, 0.3) is 5.57 Å². The number of benzene rings is 2. The number of aliphatic imine (C=N–C) groups is 1. The minimum absolute atomic E-state index is 0.00889. The number of likely N-dealkylation sites (N-methyl/N-ethyl adjacent to an activating group) is 1. The number of fused-ring (bicyclic) bond motifs is 1. The summed E-state index contributed by atoms with van der Waals surface area (Å²) >= 11 is 0. The zero-order chi connectivity index (χ0) is 17.5. The van der Waals surface area contributed by atoms with Gasteiger partial charge in [-0.05, 0) is 68.7 Å². The predicted octanol–water partition coefficient (Wildman–Crippen LogP) is 5.08. The molecule has 0 fully saturated rings.